The first kappa shape index (κ1) is 15.6. The number of ether oxygens (including phenoxy) is 1. The molecule has 1 aliphatic rings. The molecule has 0 aromatic heterocycles. The fourth-order valence-corrected chi connectivity index (χ4v) is 2.15. The second-order valence-corrected chi connectivity index (χ2v) is 5.91. The minimum absolute atomic E-state index is 0.0259. The third kappa shape index (κ3) is 4.36. The van der Waals surface area contributed by atoms with Gasteiger partial charge in [0.25, 0.3) is 5.91 Å². The van der Waals surface area contributed by atoms with Crippen molar-refractivity contribution in [2.45, 2.75) is 12.8 Å². The molecule has 1 aromatic carbocycles. The zero-order chi connectivity index (χ0) is 15.4. The lowest BCUT2D eigenvalue weighted by Crippen LogP contribution is -2.30. The van der Waals surface area contributed by atoms with Crippen LogP contribution in [-0.4, -0.2) is 51.7 Å². The summed E-state index contributed by atoms with van der Waals surface area (Å²) in [5, 5.41) is 0. The lowest BCUT2D eigenvalue weighted by atomic mass is 10.1. The lowest BCUT2D eigenvalue weighted by molar-refractivity contribution is 0.0681. The summed E-state index contributed by atoms with van der Waals surface area (Å²) in [6.45, 7) is 2.01. The van der Waals surface area contributed by atoms with Gasteiger partial charge in [0.2, 0.25) is 0 Å². The Balaban J connectivity index is 1.87. The van der Waals surface area contributed by atoms with Crippen LogP contribution in [-0.2, 0) is 4.74 Å². The van der Waals surface area contributed by atoms with Gasteiger partial charge in [0.05, 0.1) is 18.0 Å². The van der Waals surface area contributed by atoms with Gasteiger partial charge >= 0.3 is 0 Å². The summed E-state index contributed by atoms with van der Waals surface area (Å²) in [6, 6.07) is 5.43. The van der Waals surface area contributed by atoms with Crippen molar-refractivity contribution in [1.82, 2.24) is 4.90 Å². The third-order valence-corrected chi connectivity index (χ3v) is 3.72. The van der Waals surface area contributed by atoms with Crippen molar-refractivity contribution in [1.29, 1.82) is 0 Å². The molecule has 1 amide bonds. The van der Waals surface area contributed by atoms with E-state index in [0.717, 1.165) is 18.2 Å². The third-order valence-electron chi connectivity index (χ3n) is 3.72. The summed E-state index contributed by atoms with van der Waals surface area (Å²) in [6.07, 6.45) is 2.57. The Hall–Kier alpha value is -1.75. The zero-order valence-electron chi connectivity index (χ0n) is 13.1. The first-order valence-corrected chi connectivity index (χ1v) is 7.39. The smallest absolute Gasteiger partial charge is 0.253 e. The predicted octanol–water partition coefficient (Wildman–Crippen LogP) is 1.83. The van der Waals surface area contributed by atoms with Crippen LogP contribution < -0.4 is 10.6 Å². The van der Waals surface area contributed by atoms with Gasteiger partial charge in [-0.2, -0.15) is 0 Å². The van der Waals surface area contributed by atoms with Crippen LogP contribution in [0.3, 0.4) is 0 Å². The Morgan fingerprint density at radius 2 is 2.05 bits per heavy atom. The SMILES string of the molecule is CN(CCOCC1CC1)C(=O)c1ccc(N(C)C)c(N)c1. The number of hydrogen-bond donors (Lipinski definition) is 1. The van der Waals surface area contributed by atoms with E-state index < -0.39 is 0 Å². The molecule has 1 fully saturated rings. The second kappa shape index (κ2) is 6.80. The number of hydrogen-bond acceptors (Lipinski definition) is 4. The van der Waals surface area contributed by atoms with Gasteiger partial charge < -0.3 is 20.3 Å². The van der Waals surface area contributed by atoms with E-state index in [1.165, 1.54) is 12.8 Å². The van der Waals surface area contributed by atoms with Gasteiger partial charge in [-0.1, -0.05) is 0 Å². The van der Waals surface area contributed by atoms with E-state index in [2.05, 4.69) is 0 Å². The molecule has 0 heterocycles. The molecule has 2 rings (SSSR count). The first-order valence-electron chi connectivity index (χ1n) is 7.39. The Morgan fingerprint density at radius 3 is 2.62 bits per heavy atom. The fraction of sp³-hybridized carbons (Fsp3) is 0.562. The highest BCUT2D eigenvalue weighted by molar-refractivity contribution is 5.96. The topological polar surface area (TPSA) is 58.8 Å². The molecular formula is C16H25N3O2. The summed E-state index contributed by atoms with van der Waals surface area (Å²) in [7, 11) is 5.64. The molecule has 5 nitrogen and oxygen atoms in total. The van der Waals surface area contributed by atoms with E-state index >= 15 is 0 Å². The largest absolute Gasteiger partial charge is 0.397 e. The van der Waals surface area contributed by atoms with Crippen LogP contribution in [0.2, 0.25) is 0 Å². The fourth-order valence-electron chi connectivity index (χ4n) is 2.15. The van der Waals surface area contributed by atoms with E-state index in [0.29, 0.717) is 24.4 Å². The van der Waals surface area contributed by atoms with Gasteiger partial charge in [0, 0.05) is 39.9 Å². The highest BCUT2D eigenvalue weighted by atomic mass is 16.5. The average molecular weight is 291 g/mol. The molecule has 1 saturated carbocycles. The predicted molar refractivity (Wildman–Crippen MR) is 85.7 cm³/mol. The van der Waals surface area contributed by atoms with Gasteiger partial charge in [-0.3, -0.25) is 4.79 Å². The minimum Gasteiger partial charge on any atom is -0.397 e. The van der Waals surface area contributed by atoms with E-state index in [9.17, 15) is 4.79 Å². The molecule has 0 atom stereocenters. The van der Waals surface area contributed by atoms with Gasteiger partial charge in [0.1, 0.15) is 0 Å². The van der Waals surface area contributed by atoms with Crippen LogP contribution in [0.15, 0.2) is 18.2 Å². The molecule has 1 aliphatic carbocycles. The van der Waals surface area contributed by atoms with Crippen molar-refractivity contribution >= 4 is 17.3 Å². The van der Waals surface area contributed by atoms with Crippen LogP contribution in [0.5, 0.6) is 0 Å². The molecule has 0 radical (unpaired) electrons. The zero-order valence-corrected chi connectivity index (χ0v) is 13.1. The van der Waals surface area contributed by atoms with Crippen molar-refractivity contribution in [3.05, 3.63) is 23.8 Å². The first-order chi connectivity index (χ1) is 9.99. The summed E-state index contributed by atoms with van der Waals surface area (Å²) in [5.74, 6) is 0.728. The monoisotopic (exact) mass is 291 g/mol. The van der Waals surface area contributed by atoms with Crippen molar-refractivity contribution in [2.24, 2.45) is 5.92 Å². The normalized spacial score (nSPS) is 14.0. The van der Waals surface area contributed by atoms with Crippen molar-refractivity contribution in [3.63, 3.8) is 0 Å². The summed E-state index contributed by atoms with van der Waals surface area (Å²) >= 11 is 0. The standard InChI is InChI=1S/C16H25N3O2/c1-18(2)15-7-6-13(10-14(15)17)16(20)19(3)8-9-21-11-12-4-5-12/h6-7,10,12H,4-5,8-9,11,17H2,1-3H3. The molecule has 21 heavy (non-hydrogen) atoms. The number of amides is 1. The summed E-state index contributed by atoms with van der Waals surface area (Å²) in [5.41, 5.74) is 8.13. The maximum absolute atomic E-state index is 12.3. The molecule has 2 N–H and O–H groups in total. The highest BCUT2D eigenvalue weighted by Crippen LogP contribution is 2.28. The second-order valence-electron chi connectivity index (χ2n) is 5.91. The van der Waals surface area contributed by atoms with Crippen molar-refractivity contribution in [2.75, 3.05) is 51.5 Å². The molecule has 0 aliphatic heterocycles. The van der Waals surface area contributed by atoms with Crippen LogP contribution in [0.4, 0.5) is 11.4 Å². The van der Waals surface area contributed by atoms with E-state index in [1.54, 1.807) is 18.0 Å². The number of likely N-dealkylation sites (N-methyl/N-ethyl adjacent to an activating group) is 1. The Morgan fingerprint density at radius 1 is 1.33 bits per heavy atom. The van der Waals surface area contributed by atoms with Crippen molar-refractivity contribution < 1.29 is 9.53 Å². The molecule has 0 saturated heterocycles. The van der Waals surface area contributed by atoms with E-state index in [4.69, 9.17) is 10.5 Å². The van der Waals surface area contributed by atoms with Gasteiger partial charge in [0.15, 0.2) is 0 Å². The van der Waals surface area contributed by atoms with Crippen LogP contribution in [0.1, 0.15) is 23.2 Å². The average Bonchev–Trinajstić information content (AvgIpc) is 3.26. The summed E-state index contributed by atoms with van der Waals surface area (Å²) in [4.78, 5) is 15.9. The molecule has 1 aromatic rings. The quantitative estimate of drug-likeness (QED) is 0.615. The van der Waals surface area contributed by atoms with Crippen molar-refractivity contribution in [3.8, 4) is 0 Å². The van der Waals surface area contributed by atoms with Crippen LogP contribution in [0, 0.1) is 5.92 Å². The maximum Gasteiger partial charge on any atom is 0.253 e. The molecule has 5 heteroatoms. The number of rotatable bonds is 7. The number of nitrogens with two attached hydrogens (primary N) is 1. The lowest BCUT2D eigenvalue weighted by Gasteiger charge is -2.19. The van der Waals surface area contributed by atoms with E-state index in [1.807, 2.05) is 31.1 Å². The molecule has 116 valence electrons. The summed E-state index contributed by atoms with van der Waals surface area (Å²) < 4.78 is 5.56. The highest BCUT2D eigenvalue weighted by Gasteiger charge is 2.21. The van der Waals surface area contributed by atoms with Gasteiger partial charge in [-0.05, 0) is 37.0 Å². The minimum atomic E-state index is -0.0259. The number of nitrogen functional groups attached to an aromatic ring is 1. The van der Waals surface area contributed by atoms with Gasteiger partial charge in [-0.15, -0.1) is 0 Å². The maximum atomic E-state index is 12.3. The molecule has 0 spiro atoms. The number of benzene rings is 1. The Bertz CT molecular complexity index is 498. The Labute approximate surface area is 126 Å². The number of carbonyl (C=O) groups excluding carboxylic acids is 1. The van der Waals surface area contributed by atoms with Crippen LogP contribution >= 0.6 is 0 Å². The Kier molecular flexibility index (Phi) is 5.07. The van der Waals surface area contributed by atoms with Crippen LogP contribution in [0.25, 0.3) is 0 Å². The molecule has 0 unspecified atom stereocenters. The molecular weight excluding hydrogens is 266 g/mol. The number of anilines is 2. The van der Waals surface area contributed by atoms with E-state index in [-0.39, 0.29) is 5.91 Å². The molecule has 0 bridgehead atoms. The van der Waals surface area contributed by atoms with Gasteiger partial charge in [-0.25, -0.2) is 0 Å². The number of carbonyl (C=O) groups is 1. The number of nitrogens with zero attached hydrogens (tertiary/aromatic N) is 2.